The van der Waals surface area contributed by atoms with Gasteiger partial charge in [-0.2, -0.15) is 5.10 Å². The summed E-state index contributed by atoms with van der Waals surface area (Å²) in [6.07, 6.45) is 1.60. The zero-order valence-electron chi connectivity index (χ0n) is 18.8. The van der Waals surface area contributed by atoms with Crippen LogP contribution in [0.5, 0.6) is 5.75 Å². The van der Waals surface area contributed by atoms with Crippen LogP contribution in [-0.4, -0.2) is 19.2 Å². The third-order valence-electron chi connectivity index (χ3n) is 5.57. The lowest BCUT2D eigenvalue weighted by Gasteiger charge is -2.12. The zero-order chi connectivity index (χ0) is 24.7. The van der Waals surface area contributed by atoms with Crippen molar-refractivity contribution in [1.82, 2.24) is 19.2 Å². The van der Waals surface area contributed by atoms with Crippen molar-refractivity contribution in [2.24, 2.45) is 0 Å². The Kier molecular flexibility index (Phi) is 5.82. The maximum absolute atomic E-state index is 13.5. The van der Waals surface area contributed by atoms with Crippen molar-refractivity contribution in [3.05, 3.63) is 111 Å². The summed E-state index contributed by atoms with van der Waals surface area (Å²) in [7, 11) is 0. The minimum Gasteiger partial charge on any atom is -0.485 e. The standard InChI is InChI=1S/C26H19ClF2N4O2/c1-15-11-22(31-33(15)19-6-3-5-18(27)13-19)24-16(2)30-25-23(7-4-10-32(25)26(24)34)35-14-17-8-9-20(28)21(29)12-17/h3-13H,14H2,1-2H3. The maximum atomic E-state index is 13.5. The van der Waals surface area contributed by atoms with Crippen LogP contribution < -0.4 is 10.3 Å². The van der Waals surface area contributed by atoms with Crippen LogP contribution in [0.3, 0.4) is 0 Å². The predicted molar refractivity (Wildman–Crippen MR) is 129 cm³/mol. The molecule has 0 atom stereocenters. The van der Waals surface area contributed by atoms with Crippen molar-refractivity contribution >= 4 is 17.2 Å². The van der Waals surface area contributed by atoms with Crippen LogP contribution in [0, 0.1) is 25.5 Å². The fourth-order valence-corrected chi connectivity index (χ4v) is 4.09. The number of nitrogens with zero attached hydrogens (tertiary/aromatic N) is 4. The molecule has 5 aromatic rings. The van der Waals surface area contributed by atoms with Crippen molar-refractivity contribution < 1.29 is 13.5 Å². The molecule has 0 aliphatic rings. The highest BCUT2D eigenvalue weighted by molar-refractivity contribution is 6.30. The lowest BCUT2D eigenvalue weighted by Crippen LogP contribution is -2.19. The largest absolute Gasteiger partial charge is 0.485 e. The van der Waals surface area contributed by atoms with Crippen molar-refractivity contribution in [3.63, 3.8) is 0 Å². The quantitative estimate of drug-likeness (QED) is 0.317. The fraction of sp³-hybridized carbons (Fsp3) is 0.115. The monoisotopic (exact) mass is 492 g/mol. The van der Waals surface area contributed by atoms with Gasteiger partial charge in [-0.15, -0.1) is 0 Å². The summed E-state index contributed by atoms with van der Waals surface area (Å²) in [4.78, 5) is 18.1. The summed E-state index contributed by atoms with van der Waals surface area (Å²) in [5, 5.41) is 5.22. The van der Waals surface area contributed by atoms with Crippen LogP contribution in [0.2, 0.25) is 5.02 Å². The Hall–Kier alpha value is -4.04. The first kappa shape index (κ1) is 22.7. The van der Waals surface area contributed by atoms with Gasteiger partial charge < -0.3 is 4.74 Å². The molecule has 0 saturated carbocycles. The Morgan fingerprint density at radius 3 is 2.60 bits per heavy atom. The number of pyridine rings is 1. The smallest absolute Gasteiger partial charge is 0.267 e. The highest BCUT2D eigenvalue weighted by Crippen LogP contribution is 2.25. The number of aromatic nitrogens is 4. The van der Waals surface area contributed by atoms with E-state index in [9.17, 15) is 13.6 Å². The SMILES string of the molecule is Cc1nc2c(OCc3ccc(F)c(F)c3)cccn2c(=O)c1-c1cc(C)n(-c2cccc(Cl)c2)n1. The van der Waals surface area contributed by atoms with E-state index < -0.39 is 11.6 Å². The van der Waals surface area contributed by atoms with Gasteiger partial charge in [0.05, 0.1) is 16.9 Å². The van der Waals surface area contributed by atoms with E-state index in [0.717, 1.165) is 23.5 Å². The molecule has 5 rings (SSSR count). The van der Waals surface area contributed by atoms with E-state index >= 15 is 0 Å². The summed E-state index contributed by atoms with van der Waals surface area (Å²) >= 11 is 6.13. The molecule has 9 heteroatoms. The minimum absolute atomic E-state index is 0.0171. The summed E-state index contributed by atoms with van der Waals surface area (Å²) in [6.45, 7) is 3.61. The molecule has 0 bridgehead atoms. The normalized spacial score (nSPS) is 11.2. The van der Waals surface area contributed by atoms with Gasteiger partial charge in [0, 0.05) is 16.9 Å². The highest BCUT2D eigenvalue weighted by Gasteiger charge is 2.18. The van der Waals surface area contributed by atoms with E-state index in [1.54, 1.807) is 42.1 Å². The number of rotatable bonds is 5. The number of fused-ring (bicyclic) bond motifs is 1. The van der Waals surface area contributed by atoms with Crippen molar-refractivity contribution in [2.75, 3.05) is 0 Å². The molecule has 0 amide bonds. The second kappa shape index (κ2) is 8.96. The molecular weight excluding hydrogens is 474 g/mol. The molecule has 0 radical (unpaired) electrons. The van der Waals surface area contributed by atoms with Gasteiger partial charge in [-0.05, 0) is 67.9 Å². The van der Waals surface area contributed by atoms with Gasteiger partial charge in [0.25, 0.3) is 5.56 Å². The molecule has 0 N–H and O–H groups in total. The van der Waals surface area contributed by atoms with Crippen LogP contribution in [-0.2, 0) is 6.61 Å². The average molecular weight is 493 g/mol. The average Bonchev–Trinajstić information content (AvgIpc) is 3.21. The van der Waals surface area contributed by atoms with Gasteiger partial charge in [0.15, 0.2) is 23.0 Å². The third-order valence-corrected chi connectivity index (χ3v) is 5.81. The number of ether oxygens (including phenoxy) is 1. The van der Waals surface area contributed by atoms with Gasteiger partial charge in [0.1, 0.15) is 12.3 Å². The van der Waals surface area contributed by atoms with Gasteiger partial charge >= 0.3 is 0 Å². The summed E-state index contributed by atoms with van der Waals surface area (Å²) in [6, 6.07) is 16.0. The van der Waals surface area contributed by atoms with Crippen molar-refractivity contribution in [3.8, 4) is 22.7 Å². The number of hydrogen-bond acceptors (Lipinski definition) is 4. The van der Waals surface area contributed by atoms with Gasteiger partial charge in [-0.1, -0.05) is 23.7 Å². The van der Waals surface area contributed by atoms with Gasteiger partial charge in [-0.3, -0.25) is 9.20 Å². The number of halogens is 3. The highest BCUT2D eigenvalue weighted by atomic mass is 35.5. The molecule has 6 nitrogen and oxygen atoms in total. The fourth-order valence-electron chi connectivity index (χ4n) is 3.91. The molecule has 0 aliphatic carbocycles. The van der Waals surface area contributed by atoms with Crippen LogP contribution >= 0.6 is 11.6 Å². The zero-order valence-corrected chi connectivity index (χ0v) is 19.6. The molecule has 0 aliphatic heterocycles. The molecule has 3 heterocycles. The maximum Gasteiger partial charge on any atom is 0.267 e. The number of aryl methyl sites for hydroxylation is 2. The Bertz CT molecular complexity index is 1650. The van der Waals surface area contributed by atoms with E-state index in [0.29, 0.717) is 38.9 Å². The van der Waals surface area contributed by atoms with E-state index in [2.05, 4.69) is 10.1 Å². The van der Waals surface area contributed by atoms with E-state index in [1.807, 2.05) is 25.1 Å². The van der Waals surface area contributed by atoms with Crippen molar-refractivity contribution in [2.45, 2.75) is 20.5 Å². The van der Waals surface area contributed by atoms with E-state index in [1.165, 1.54) is 10.5 Å². The number of benzene rings is 2. The first-order chi connectivity index (χ1) is 16.8. The second-order valence-electron chi connectivity index (χ2n) is 8.04. The topological polar surface area (TPSA) is 61.4 Å². The predicted octanol–water partition coefficient (Wildman–Crippen LogP) is 5.67. The van der Waals surface area contributed by atoms with E-state index in [-0.39, 0.29) is 12.2 Å². The molecule has 0 fully saturated rings. The lowest BCUT2D eigenvalue weighted by atomic mass is 10.1. The third kappa shape index (κ3) is 4.28. The molecular formula is C26H19ClF2N4O2. The first-order valence-electron chi connectivity index (χ1n) is 10.7. The Morgan fingerprint density at radius 2 is 1.83 bits per heavy atom. The lowest BCUT2D eigenvalue weighted by molar-refractivity contribution is 0.306. The molecule has 0 saturated heterocycles. The van der Waals surface area contributed by atoms with Gasteiger partial charge in [0.2, 0.25) is 0 Å². The van der Waals surface area contributed by atoms with Crippen LogP contribution in [0.4, 0.5) is 8.78 Å². The minimum atomic E-state index is -0.952. The molecule has 0 unspecified atom stereocenters. The van der Waals surface area contributed by atoms with Crippen LogP contribution in [0.15, 0.2) is 71.7 Å². The summed E-state index contributed by atoms with van der Waals surface area (Å²) in [5.74, 6) is -1.54. The van der Waals surface area contributed by atoms with E-state index in [4.69, 9.17) is 16.3 Å². The molecule has 2 aromatic carbocycles. The summed E-state index contributed by atoms with van der Waals surface area (Å²) < 4.78 is 35.6. The Balaban J connectivity index is 1.54. The molecule has 176 valence electrons. The molecule has 0 spiro atoms. The van der Waals surface area contributed by atoms with Crippen LogP contribution in [0.25, 0.3) is 22.6 Å². The first-order valence-corrected chi connectivity index (χ1v) is 11.1. The molecule has 35 heavy (non-hydrogen) atoms. The Morgan fingerprint density at radius 1 is 1.00 bits per heavy atom. The number of hydrogen-bond donors (Lipinski definition) is 0. The second-order valence-corrected chi connectivity index (χ2v) is 8.48. The van der Waals surface area contributed by atoms with Gasteiger partial charge in [-0.25, -0.2) is 18.4 Å². The van der Waals surface area contributed by atoms with Crippen LogP contribution in [0.1, 0.15) is 17.0 Å². The van der Waals surface area contributed by atoms with Crippen molar-refractivity contribution in [1.29, 1.82) is 0 Å². The Labute approximate surface area is 204 Å². The summed E-state index contributed by atoms with van der Waals surface area (Å²) in [5.41, 5.74) is 3.40. The molecule has 3 aromatic heterocycles.